The number of pyridine rings is 1. The summed E-state index contributed by atoms with van der Waals surface area (Å²) >= 11 is 0. The number of imidazole rings is 1. The van der Waals surface area contributed by atoms with Crippen molar-refractivity contribution in [3.05, 3.63) is 94.8 Å². The monoisotopic (exact) mass is 431 g/mol. The first kappa shape index (κ1) is 21.0. The number of rotatable bonds is 8. The molecular formula is C24H21N3O5. The predicted molar refractivity (Wildman–Crippen MR) is 118 cm³/mol. The highest BCUT2D eigenvalue weighted by Gasteiger charge is 2.20. The van der Waals surface area contributed by atoms with Gasteiger partial charge >= 0.3 is 5.97 Å². The lowest BCUT2D eigenvalue weighted by atomic mass is 10.1. The van der Waals surface area contributed by atoms with Gasteiger partial charge in [0, 0.05) is 17.8 Å². The zero-order chi connectivity index (χ0) is 22.5. The van der Waals surface area contributed by atoms with Gasteiger partial charge in [-0.05, 0) is 42.3 Å². The second-order valence-corrected chi connectivity index (χ2v) is 7.17. The van der Waals surface area contributed by atoms with Gasteiger partial charge in [-0.3, -0.25) is 14.5 Å². The van der Waals surface area contributed by atoms with Crippen molar-refractivity contribution in [2.24, 2.45) is 0 Å². The summed E-state index contributed by atoms with van der Waals surface area (Å²) in [6.07, 6.45) is 2.92. The number of nitro groups is 1. The van der Waals surface area contributed by atoms with Gasteiger partial charge in [-0.2, -0.15) is 0 Å². The Balaban J connectivity index is 1.42. The number of carbonyl (C=O) groups is 1. The molecule has 1 unspecified atom stereocenters. The van der Waals surface area contributed by atoms with Gasteiger partial charge in [0.2, 0.25) is 0 Å². The van der Waals surface area contributed by atoms with Crippen molar-refractivity contribution in [1.29, 1.82) is 0 Å². The predicted octanol–water partition coefficient (Wildman–Crippen LogP) is 4.81. The normalized spacial score (nSPS) is 11.8. The molecule has 2 aromatic carbocycles. The number of hydrogen-bond donors (Lipinski definition) is 0. The highest BCUT2D eigenvalue weighted by molar-refractivity contribution is 5.75. The zero-order valence-electron chi connectivity index (χ0n) is 17.4. The minimum absolute atomic E-state index is 0.00467. The molecule has 0 spiro atoms. The molecule has 0 aliphatic heterocycles. The van der Waals surface area contributed by atoms with E-state index in [2.05, 4.69) is 4.98 Å². The van der Waals surface area contributed by atoms with Crippen molar-refractivity contribution >= 4 is 17.3 Å². The summed E-state index contributed by atoms with van der Waals surface area (Å²) in [5, 5.41) is 11.0. The van der Waals surface area contributed by atoms with Crippen molar-refractivity contribution in [2.45, 2.75) is 26.1 Å². The first-order chi connectivity index (χ1) is 15.5. The Morgan fingerprint density at radius 2 is 1.81 bits per heavy atom. The van der Waals surface area contributed by atoms with Gasteiger partial charge in [-0.15, -0.1) is 0 Å². The van der Waals surface area contributed by atoms with Gasteiger partial charge in [0.15, 0.2) is 6.10 Å². The molecule has 2 heterocycles. The van der Waals surface area contributed by atoms with E-state index in [9.17, 15) is 14.9 Å². The van der Waals surface area contributed by atoms with E-state index >= 15 is 0 Å². The van der Waals surface area contributed by atoms with E-state index in [1.54, 1.807) is 28.8 Å². The molecule has 0 amide bonds. The number of nitrogens with zero attached hydrogens (tertiary/aromatic N) is 3. The molecule has 4 aromatic rings. The zero-order valence-corrected chi connectivity index (χ0v) is 17.4. The molecular weight excluding hydrogens is 410 g/mol. The second-order valence-electron chi connectivity index (χ2n) is 7.17. The lowest BCUT2D eigenvalue weighted by Gasteiger charge is -2.16. The molecule has 0 N–H and O–H groups in total. The molecule has 0 aliphatic carbocycles. The quantitative estimate of drug-likeness (QED) is 0.226. The molecule has 4 rings (SSSR count). The third-order valence-electron chi connectivity index (χ3n) is 4.93. The summed E-state index contributed by atoms with van der Waals surface area (Å²) in [7, 11) is 0. The number of aromatic nitrogens is 2. The lowest BCUT2D eigenvalue weighted by Crippen LogP contribution is -2.28. The molecule has 2 aromatic heterocycles. The van der Waals surface area contributed by atoms with Crippen LogP contribution in [0, 0.1) is 10.1 Å². The van der Waals surface area contributed by atoms with Crippen LogP contribution in [0.1, 0.15) is 18.9 Å². The van der Waals surface area contributed by atoms with Crippen LogP contribution in [-0.2, 0) is 16.1 Å². The maximum atomic E-state index is 12.4. The number of carbonyl (C=O) groups excluding carboxylic acids is 1. The van der Waals surface area contributed by atoms with E-state index in [4.69, 9.17) is 9.47 Å². The summed E-state index contributed by atoms with van der Waals surface area (Å²) in [6.45, 7) is 2.06. The van der Waals surface area contributed by atoms with Crippen LogP contribution >= 0.6 is 0 Å². The van der Waals surface area contributed by atoms with Crippen LogP contribution in [0.25, 0.3) is 16.9 Å². The lowest BCUT2D eigenvalue weighted by molar-refractivity contribution is -0.385. The number of hydrogen-bond acceptors (Lipinski definition) is 6. The van der Waals surface area contributed by atoms with E-state index in [0.29, 0.717) is 23.5 Å². The molecule has 0 aliphatic rings. The summed E-state index contributed by atoms with van der Waals surface area (Å²) < 4.78 is 12.8. The van der Waals surface area contributed by atoms with Crippen molar-refractivity contribution in [3.8, 4) is 17.0 Å². The Bertz CT molecular complexity index is 1240. The molecule has 8 nitrogen and oxygen atoms in total. The third-order valence-corrected chi connectivity index (χ3v) is 4.93. The third kappa shape index (κ3) is 4.75. The van der Waals surface area contributed by atoms with Gasteiger partial charge in [0.05, 0.1) is 16.8 Å². The fraction of sp³-hybridized carbons (Fsp3) is 0.167. The summed E-state index contributed by atoms with van der Waals surface area (Å²) in [6, 6.07) is 19.7. The van der Waals surface area contributed by atoms with E-state index < -0.39 is 17.0 Å². The van der Waals surface area contributed by atoms with E-state index in [0.717, 1.165) is 11.1 Å². The Morgan fingerprint density at radius 3 is 2.50 bits per heavy atom. The van der Waals surface area contributed by atoms with Crippen LogP contribution in [0.15, 0.2) is 79.1 Å². The Hall–Kier alpha value is -4.20. The molecule has 0 fully saturated rings. The summed E-state index contributed by atoms with van der Waals surface area (Å²) in [5.41, 5.74) is 3.01. The molecule has 0 saturated carbocycles. The number of fused-ring (bicyclic) bond motifs is 1. The highest BCUT2D eigenvalue weighted by Crippen LogP contribution is 2.24. The van der Waals surface area contributed by atoms with Crippen LogP contribution in [0.4, 0.5) is 5.69 Å². The minimum Gasteiger partial charge on any atom is -0.479 e. The van der Waals surface area contributed by atoms with Gasteiger partial charge < -0.3 is 9.47 Å². The Morgan fingerprint density at radius 1 is 1.06 bits per heavy atom. The molecule has 162 valence electrons. The minimum atomic E-state index is -0.708. The van der Waals surface area contributed by atoms with Crippen molar-refractivity contribution < 1.29 is 19.2 Å². The maximum absolute atomic E-state index is 12.4. The fourth-order valence-corrected chi connectivity index (χ4v) is 3.22. The Kier molecular flexibility index (Phi) is 6.12. The smallest absolute Gasteiger partial charge is 0.347 e. The first-order valence-electron chi connectivity index (χ1n) is 10.1. The molecule has 0 bridgehead atoms. The van der Waals surface area contributed by atoms with Crippen LogP contribution in [-0.4, -0.2) is 26.4 Å². The number of benzene rings is 2. The first-order valence-corrected chi connectivity index (χ1v) is 10.1. The molecule has 0 radical (unpaired) electrons. The Labute approximate surface area is 184 Å². The standard InChI is InChI=1S/C24H21N3O5/c1-2-22(24(28)31-16-17-6-4-3-5-7-17)32-20-11-8-18(9-12-20)21-15-26-14-19(27(29)30)10-13-23(26)25-21/h3-15,22H,2,16H2,1H3. The van der Waals surface area contributed by atoms with Gasteiger partial charge in [-0.25, -0.2) is 9.78 Å². The summed E-state index contributed by atoms with van der Waals surface area (Å²) in [4.78, 5) is 27.4. The topological polar surface area (TPSA) is 96.0 Å². The molecule has 32 heavy (non-hydrogen) atoms. The van der Waals surface area contributed by atoms with Crippen LogP contribution in [0.2, 0.25) is 0 Å². The maximum Gasteiger partial charge on any atom is 0.347 e. The number of esters is 1. The average Bonchev–Trinajstić information content (AvgIpc) is 3.25. The van der Waals surface area contributed by atoms with Gasteiger partial charge in [0.1, 0.15) is 18.0 Å². The second kappa shape index (κ2) is 9.30. The average molecular weight is 431 g/mol. The summed E-state index contributed by atoms with van der Waals surface area (Å²) in [5.74, 6) is 0.124. The fourth-order valence-electron chi connectivity index (χ4n) is 3.22. The highest BCUT2D eigenvalue weighted by atomic mass is 16.6. The van der Waals surface area contributed by atoms with Crippen LogP contribution < -0.4 is 4.74 Å². The largest absolute Gasteiger partial charge is 0.479 e. The molecule has 0 saturated heterocycles. The number of ether oxygens (including phenoxy) is 2. The van der Waals surface area contributed by atoms with E-state index in [1.807, 2.05) is 49.4 Å². The van der Waals surface area contributed by atoms with Crippen LogP contribution in [0.5, 0.6) is 5.75 Å². The van der Waals surface area contributed by atoms with Crippen molar-refractivity contribution in [1.82, 2.24) is 9.38 Å². The van der Waals surface area contributed by atoms with Gasteiger partial charge in [0.25, 0.3) is 5.69 Å². The van der Waals surface area contributed by atoms with E-state index in [-0.39, 0.29) is 12.3 Å². The van der Waals surface area contributed by atoms with Crippen molar-refractivity contribution in [3.63, 3.8) is 0 Å². The molecule has 1 atom stereocenters. The molecule has 8 heteroatoms. The van der Waals surface area contributed by atoms with E-state index in [1.165, 1.54) is 12.3 Å². The van der Waals surface area contributed by atoms with Crippen molar-refractivity contribution in [2.75, 3.05) is 0 Å². The SMILES string of the molecule is CCC(Oc1ccc(-c2cn3cc([N+](=O)[O-])ccc3n2)cc1)C(=O)OCc1ccccc1. The van der Waals surface area contributed by atoms with Crippen LogP contribution in [0.3, 0.4) is 0 Å². The van der Waals surface area contributed by atoms with Gasteiger partial charge in [-0.1, -0.05) is 37.3 Å².